The Morgan fingerprint density at radius 1 is 0.875 bits per heavy atom. The van der Waals surface area contributed by atoms with E-state index in [0.717, 1.165) is 5.56 Å². The fourth-order valence-electron chi connectivity index (χ4n) is 2.32. The normalized spacial score (nSPS) is 10.5. The van der Waals surface area contributed by atoms with Crippen molar-refractivity contribution < 1.29 is 13.9 Å². The molecule has 3 aromatic rings. The second-order valence-corrected chi connectivity index (χ2v) is 5.37. The van der Waals surface area contributed by atoms with Crippen molar-refractivity contribution in [2.75, 3.05) is 14.2 Å². The van der Waals surface area contributed by atoms with Crippen molar-refractivity contribution in [3.05, 3.63) is 59.5 Å². The van der Waals surface area contributed by atoms with Gasteiger partial charge in [-0.2, -0.15) is 0 Å². The van der Waals surface area contributed by atoms with Crippen LogP contribution in [0.5, 0.6) is 11.5 Å². The van der Waals surface area contributed by atoms with Crippen LogP contribution in [0.15, 0.2) is 48.5 Å². The Labute approximate surface area is 143 Å². The van der Waals surface area contributed by atoms with Crippen molar-refractivity contribution in [2.24, 2.45) is 0 Å². The van der Waals surface area contributed by atoms with Gasteiger partial charge >= 0.3 is 0 Å². The maximum absolute atomic E-state index is 13.4. The molecule has 0 bridgehead atoms. The van der Waals surface area contributed by atoms with E-state index in [1.807, 2.05) is 6.07 Å². The molecule has 0 aliphatic carbocycles. The summed E-state index contributed by atoms with van der Waals surface area (Å²) in [5, 5.41) is 0.272. The van der Waals surface area contributed by atoms with Gasteiger partial charge in [0.2, 0.25) is 0 Å². The molecule has 0 spiro atoms. The van der Waals surface area contributed by atoms with Crippen LogP contribution in [0.3, 0.4) is 0 Å². The van der Waals surface area contributed by atoms with Crippen molar-refractivity contribution in [3.63, 3.8) is 0 Å². The van der Waals surface area contributed by atoms with E-state index in [1.54, 1.807) is 44.6 Å². The summed E-state index contributed by atoms with van der Waals surface area (Å²) < 4.78 is 24.0. The van der Waals surface area contributed by atoms with E-state index in [4.69, 9.17) is 21.1 Å². The van der Waals surface area contributed by atoms with Crippen molar-refractivity contribution in [3.8, 4) is 34.1 Å². The van der Waals surface area contributed by atoms with Gasteiger partial charge in [-0.15, -0.1) is 0 Å². The van der Waals surface area contributed by atoms with Gasteiger partial charge in [-0.05, 0) is 30.3 Å². The van der Waals surface area contributed by atoms with Gasteiger partial charge in [0.25, 0.3) is 0 Å². The van der Waals surface area contributed by atoms with Crippen LogP contribution in [0.4, 0.5) is 4.39 Å². The van der Waals surface area contributed by atoms with Crippen LogP contribution >= 0.6 is 11.6 Å². The van der Waals surface area contributed by atoms with Crippen LogP contribution in [-0.2, 0) is 0 Å². The van der Waals surface area contributed by atoms with Gasteiger partial charge < -0.3 is 9.47 Å². The Bertz CT molecular complexity index is 887. The fourth-order valence-corrected chi connectivity index (χ4v) is 2.50. The molecular formula is C18H14ClFN2O2. The van der Waals surface area contributed by atoms with E-state index in [1.165, 1.54) is 12.1 Å². The van der Waals surface area contributed by atoms with E-state index < -0.39 is 0 Å². The average Bonchev–Trinajstić information content (AvgIpc) is 2.60. The van der Waals surface area contributed by atoms with E-state index in [9.17, 15) is 4.39 Å². The molecule has 122 valence electrons. The molecule has 2 aromatic carbocycles. The molecule has 0 amide bonds. The number of benzene rings is 2. The molecule has 3 rings (SSSR count). The quantitative estimate of drug-likeness (QED) is 0.648. The molecule has 4 nitrogen and oxygen atoms in total. The first-order chi connectivity index (χ1) is 11.6. The highest BCUT2D eigenvalue weighted by Gasteiger charge is 2.11. The number of ether oxygens (including phenoxy) is 2. The maximum Gasteiger partial charge on any atom is 0.161 e. The van der Waals surface area contributed by atoms with Crippen LogP contribution in [0.2, 0.25) is 5.15 Å². The number of hydrogen-bond donors (Lipinski definition) is 0. The molecule has 1 aromatic heterocycles. The fraction of sp³-hybridized carbons (Fsp3) is 0.111. The van der Waals surface area contributed by atoms with Crippen molar-refractivity contribution in [1.82, 2.24) is 9.97 Å². The Morgan fingerprint density at radius 3 is 2.38 bits per heavy atom. The molecule has 1 heterocycles. The Balaban J connectivity index is 2.09. The third-order valence-electron chi connectivity index (χ3n) is 3.46. The second-order valence-electron chi connectivity index (χ2n) is 4.98. The number of halogens is 2. The number of methoxy groups -OCH3 is 2. The zero-order chi connectivity index (χ0) is 17.1. The van der Waals surface area contributed by atoms with Crippen molar-refractivity contribution in [1.29, 1.82) is 0 Å². The van der Waals surface area contributed by atoms with Gasteiger partial charge in [-0.1, -0.05) is 23.7 Å². The molecule has 0 N–H and O–H groups in total. The predicted octanol–water partition coefficient (Wildman–Crippen LogP) is 4.62. The standard InChI is InChI=1S/C18H14ClFN2O2/c1-23-15-7-6-11(9-16(15)24-2)14-10-17(19)22-18(21-14)12-4-3-5-13(20)8-12/h3-10H,1-2H3. The molecule has 0 fully saturated rings. The van der Waals surface area contributed by atoms with Gasteiger partial charge in [0, 0.05) is 17.2 Å². The molecule has 0 aliphatic rings. The van der Waals surface area contributed by atoms with E-state index in [2.05, 4.69) is 9.97 Å². The van der Waals surface area contributed by atoms with Crippen LogP contribution in [0, 0.1) is 5.82 Å². The summed E-state index contributed by atoms with van der Waals surface area (Å²) in [6, 6.07) is 13.1. The highest BCUT2D eigenvalue weighted by Crippen LogP contribution is 2.33. The van der Waals surface area contributed by atoms with Gasteiger partial charge in [0.1, 0.15) is 11.0 Å². The summed E-state index contributed by atoms with van der Waals surface area (Å²) in [4.78, 5) is 8.67. The number of rotatable bonds is 4. The molecule has 0 unspecified atom stereocenters. The summed E-state index contributed by atoms with van der Waals surface area (Å²) in [6.07, 6.45) is 0. The average molecular weight is 345 g/mol. The maximum atomic E-state index is 13.4. The predicted molar refractivity (Wildman–Crippen MR) is 91.0 cm³/mol. The van der Waals surface area contributed by atoms with E-state index in [-0.39, 0.29) is 11.0 Å². The number of nitrogens with zero attached hydrogens (tertiary/aromatic N) is 2. The number of aromatic nitrogens is 2. The Kier molecular flexibility index (Phi) is 4.62. The number of hydrogen-bond acceptors (Lipinski definition) is 4. The minimum Gasteiger partial charge on any atom is -0.493 e. The van der Waals surface area contributed by atoms with E-state index >= 15 is 0 Å². The lowest BCUT2D eigenvalue weighted by Crippen LogP contribution is -1.95. The first-order valence-corrected chi connectivity index (χ1v) is 7.51. The lowest BCUT2D eigenvalue weighted by atomic mass is 10.1. The van der Waals surface area contributed by atoms with Gasteiger partial charge in [-0.25, -0.2) is 14.4 Å². The molecule has 6 heteroatoms. The van der Waals surface area contributed by atoms with E-state index in [0.29, 0.717) is 28.6 Å². The minimum atomic E-state index is -0.358. The Hall–Kier alpha value is -2.66. The van der Waals surface area contributed by atoms with Crippen molar-refractivity contribution >= 4 is 11.6 Å². The zero-order valence-electron chi connectivity index (χ0n) is 13.1. The lowest BCUT2D eigenvalue weighted by molar-refractivity contribution is 0.355. The minimum absolute atomic E-state index is 0.272. The lowest BCUT2D eigenvalue weighted by Gasteiger charge is -2.10. The summed E-state index contributed by atoms with van der Waals surface area (Å²) in [7, 11) is 3.13. The third kappa shape index (κ3) is 3.31. The molecular weight excluding hydrogens is 331 g/mol. The van der Waals surface area contributed by atoms with Gasteiger partial charge in [-0.3, -0.25) is 0 Å². The van der Waals surface area contributed by atoms with Crippen LogP contribution in [0.25, 0.3) is 22.6 Å². The largest absolute Gasteiger partial charge is 0.493 e. The molecule has 0 saturated carbocycles. The first-order valence-electron chi connectivity index (χ1n) is 7.13. The van der Waals surface area contributed by atoms with Crippen LogP contribution in [-0.4, -0.2) is 24.2 Å². The summed E-state index contributed by atoms with van der Waals surface area (Å²) in [5.74, 6) is 1.19. The monoisotopic (exact) mass is 344 g/mol. The highest BCUT2D eigenvalue weighted by atomic mass is 35.5. The van der Waals surface area contributed by atoms with Crippen LogP contribution < -0.4 is 9.47 Å². The highest BCUT2D eigenvalue weighted by molar-refractivity contribution is 6.29. The second kappa shape index (κ2) is 6.84. The Morgan fingerprint density at radius 2 is 1.67 bits per heavy atom. The molecule has 0 radical (unpaired) electrons. The molecule has 0 saturated heterocycles. The smallest absolute Gasteiger partial charge is 0.161 e. The first kappa shape index (κ1) is 16.2. The van der Waals surface area contributed by atoms with Crippen molar-refractivity contribution in [2.45, 2.75) is 0 Å². The zero-order valence-corrected chi connectivity index (χ0v) is 13.8. The third-order valence-corrected chi connectivity index (χ3v) is 3.65. The molecule has 0 atom stereocenters. The molecule has 0 aliphatic heterocycles. The summed E-state index contributed by atoms with van der Waals surface area (Å²) in [6.45, 7) is 0. The summed E-state index contributed by atoms with van der Waals surface area (Å²) in [5.41, 5.74) is 1.95. The molecule has 24 heavy (non-hydrogen) atoms. The van der Waals surface area contributed by atoms with Gasteiger partial charge in [0.05, 0.1) is 19.9 Å². The SMILES string of the molecule is COc1ccc(-c2cc(Cl)nc(-c3cccc(F)c3)n2)cc1OC. The van der Waals surface area contributed by atoms with Crippen LogP contribution in [0.1, 0.15) is 0 Å². The summed E-state index contributed by atoms with van der Waals surface area (Å²) >= 11 is 6.12. The van der Waals surface area contributed by atoms with Gasteiger partial charge in [0.15, 0.2) is 17.3 Å². The topological polar surface area (TPSA) is 44.2 Å².